The smallest absolute Gasteiger partial charge is 0.405 e. The van der Waals surface area contributed by atoms with E-state index in [2.05, 4.69) is 38.3 Å². The highest BCUT2D eigenvalue weighted by molar-refractivity contribution is 14.1. The van der Waals surface area contributed by atoms with Crippen molar-refractivity contribution in [2.75, 3.05) is 0 Å². The maximum atomic E-state index is 10.8. The Bertz CT molecular complexity index is 466. The van der Waals surface area contributed by atoms with Gasteiger partial charge in [-0.15, -0.1) is 0 Å². The van der Waals surface area contributed by atoms with Crippen molar-refractivity contribution in [2.24, 2.45) is 5.73 Å². The topological polar surface area (TPSA) is 70.1 Å². The molecule has 1 fully saturated rings. The molecule has 0 unspecified atom stereocenters. The predicted molar refractivity (Wildman–Crippen MR) is 80.9 cm³/mol. The molecule has 0 spiro atoms. The third-order valence-corrected chi connectivity index (χ3v) is 3.79. The van der Waals surface area contributed by atoms with Crippen LogP contribution in [0.15, 0.2) is 6.20 Å². The van der Waals surface area contributed by atoms with Crippen molar-refractivity contribution < 1.29 is 9.53 Å². The van der Waals surface area contributed by atoms with Crippen molar-refractivity contribution in [1.82, 2.24) is 9.55 Å². The number of rotatable bonds is 6. The molecule has 106 valence electrons. The van der Waals surface area contributed by atoms with Gasteiger partial charge in [0.25, 0.3) is 0 Å². The molecule has 5 nitrogen and oxygen atoms in total. The normalized spacial score (nSPS) is 15.5. The highest BCUT2D eigenvalue weighted by Gasteiger charge is 2.29. The molecule has 19 heavy (non-hydrogen) atoms. The second-order valence-electron chi connectivity index (χ2n) is 5.67. The van der Waals surface area contributed by atoms with Crippen LogP contribution in [0.4, 0.5) is 4.79 Å². The van der Waals surface area contributed by atoms with Crippen molar-refractivity contribution in [3.8, 4) is 0 Å². The molecular formula is C13H20IN3O2. The minimum atomic E-state index is -0.708. The first-order valence-corrected chi connectivity index (χ1v) is 7.66. The molecular weight excluding hydrogens is 357 g/mol. The van der Waals surface area contributed by atoms with Crippen molar-refractivity contribution in [2.45, 2.75) is 57.6 Å². The van der Waals surface area contributed by atoms with E-state index in [1.807, 2.05) is 13.8 Å². The molecule has 0 radical (unpaired) electrons. The van der Waals surface area contributed by atoms with Gasteiger partial charge in [0.2, 0.25) is 0 Å². The molecule has 0 aromatic carbocycles. The minimum Gasteiger partial charge on any atom is -0.444 e. The number of aryl methyl sites for hydroxylation is 1. The zero-order valence-electron chi connectivity index (χ0n) is 11.4. The lowest BCUT2D eigenvalue weighted by Crippen LogP contribution is -2.31. The van der Waals surface area contributed by atoms with Crippen LogP contribution in [0.1, 0.15) is 51.3 Å². The van der Waals surface area contributed by atoms with Crippen molar-refractivity contribution in [3.63, 3.8) is 0 Å². The van der Waals surface area contributed by atoms with E-state index in [4.69, 9.17) is 10.5 Å². The molecule has 1 aromatic heterocycles. The minimum absolute atomic E-state index is 0.501. The van der Waals surface area contributed by atoms with Crippen LogP contribution in [0, 0.1) is 3.70 Å². The Hall–Kier alpha value is -0.790. The third-order valence-electron chi connectivity index (χ3n) is 3.28. The number of carbonyl (C=O) groups is 1. The van der Waals surface area contributed by atoms with Gasteiger partial charge in [-0.3, -0.25) is 0 Å². The summed E-state index contributed by atoms with van der Waals surface area (Å²) in [7, 11) is 0. The number of ether oxygens (including phenoxy) is 1. The summed E-state index contributed by atoms with van der Waals surface area (Å²) >= 11 is 2.25. The van der Waals surface area contributed by atoms with E-state index in [1.54, 1.807) is 0 Å². The summed E-state index contributed by atoms with van der Waals surface area (Å²) in [6.45, 7) is 4.68. The lowest BCUT2D eigenvalue weighted by atomic mass is 10.0. The predicted octanol–water partition coefficient (Wildman–Crippen LogP) is 3.02. The van der Waals surface area contributed by atoms with E-state index in [0.29, 0.717) is 5.92 Å². The van der Waals surface area contributed by atoms with Crippen LogP contribution in [-0.4, -0.2) is 21.2 Å². The number of imidazole rings is 1. The Morgan fingerprint density at radius 2 is 2.32 bits per heavy atom. The number of aromatic nitrogens is 2. The summed E-state index contributed by atoms with van der Waals surface area (Å²) < 4.78 is 8.37. The summed E-state index contributed by atoms with van der Waals surface area (Å²) in [6, 6.07) is 0. The summed E-state index contributed by atoms with van der Waals surface area (Å²) in [5.74, 6) is 1.86. The molecule has 0 bridgehead atoms. The van der Waals surface area contributed by atoms with Crippen molar-refractivity contribution in [3.05, 3.63) is 15.7 Å². The van der Waals surface area contributed by atoms with E-state index < -0.39 is 11.7 Å². The van der Waals surface area contributed by atoms with Crippen LogP contribution < -0.4 is 5.73 Å². The number of nitrogens with zero attached hydrogens (tertiary/aromatic N) is 2. The SMILES string of the molecule is CC(C)(CCCn1cc(I)nc1C1CC1)OC(N)=O. The van der Waals surface area contributed by atoms with Gasteiger partial charge in [-0.25, -0.2) is 9.78 Å². The molecule has 0 atom stereocenters. The summed E-state index contributed by atoms with van der Waals surface area (Å²) in [5, 5.41) is 0. The van der Waals surface area contributed by atoms with Crippen molar-refractivity contribution >= 4 is 28.7 Å². The number of hydrogen-bond acceptors (Lipinski definition) is 3. The fraction of sp³-hybridized carbons (Fsp3) is 0.692. The van der Waals surface area contributed by atoms with Crippen LogP contribution in [0.25, 0.3) is 0 Å². The average Bonchev–Trinajstić information content (AvgIpc) is 3.01. The van der Waals surface area contributed by atoms with Gasteiger partial charge in [0.1, 0.15) is 15.1 Å². The van der Waals surface area contributed by atoms with Gasteiger partial charge in [-0.2, -0.15) is 0 Å². The van der Waals surface area contributed by atoms with Gasteiger partial charge >= 0.3 is 6.09 Å². The van der Waals surface area contributed by atoms with E-state index in [9.17, 15) is 4.79 Å². The number of amides is 1. The maximum Gasteiger partial charge on any atom is 0.405 e. The van der Waals surface area contributed by atoms with E-state index in [0.717, 1.165) is 23.1 Å². The Labute approximate surface area is 127 Å². The number of primary amides is 1. The van der Waals surface area contributed by atoms with Gasteiger partial charge in [-0.1, -0.05) is 0 Å². The standard InChI is InChI=1S/C13H20IN3O2/c1-13(2,19-12(15)18)6-3-7-17-8-10(14)16-11(17)9-4-5-9/h8-9H,3-7H2,1-2H3,(H2,15,18). The molecule has 1 saturated carbocycles. The summed E-state index contributed by atoms with van der Waals surface area (Å²) in [5.41, 5.74) is 4.56. The van der Waals surface area contributed by atoms with Crippen molar-refractivity contribution in [1.29, 1.82) is 0 Å². The molecule has 1 aliphatic rings. The van der Waals surface area contributed by atoms with Gasteiger partial charge in [-0.05, 0) is 62.1 Å². The summed E-state index contributed by atoms with van der Waals surface area (Å²) in [6.07, 6.45) is 5.62. The monoisotopic (exact) mass is 377 g/mol. The van der Waals surface area contributed by atoms with Crippen LogP contribution in [0.5, 0.6) is 0 Å². The number of hydrogen-bond donors (Lipinski definition) is 1. The molecule has 0 aliphatic heterocycles. The van der Waals surface area contributed by atoms with Crippen LogP contribution in [-0.2, 0) is 11.3 Å². The fourth-order valence-electron chi connectivity index (χ4n) is 2.24. The fourth-order valence-corrected chi connectivity index (χ4v) is 2.83. The molecule has 1 heterocycles. The molecule has 2 N–H and O–H groups in total. The molecule has 2 rings (SSSR count). The number of carbonyl (C=O) groups excluding carboxylic acids is 1. The number of halogens is 1. The first kappa shape index (κ1) is 14.6. The lowest BCUT2D eigenvalue weighted by molar-refractivity contribution is 0.0368. The van der Waals surface area contributed by atoms with Crippen LogP contribution in [0.2, 0.25) is 0 Å². The van der Waals surface area contributed by atoms with Gasteiger partial charge < -0.3 is 15.0 Å². The Morgan fingerprint density at radius 1 is 1.63 bits per heavy atom. The molecule has 1 aromatic rings. The zero-order valence-corrected chi connectivity index (χ0v) is 13.5. The Morgan fingerprint density at radius 3 is 2.89 bits per heavy atom. The highest BCUT2D eigenvalue weighted by Crippen LogP contribution is 2.39. The second kappa shape index (κ2) is 5.68. The maximum absolute atomic E-state index is 10.8. The molecule has 0 saturated heterocycles. The highest BCUT2D eigenvalue weighted by atomic mass is 127. The van der Waals surface area contributed by atoms with E-state index in [-0.39, 0.29) is 0 Å². The summed E-state index contributed by atoms with van der Waals surface area (Å²) in [4.78, 5) is 15.4. The van der Waals surface area contributed by atoms with Gasteiger partial charge in [0.15, 0.2) is 0 Å². The Kier molecular flexibility index (Phi) is 4.37. The van der Waals surface area contributed by atoms with Gasteiger partial charge in [0, 0.05) is 18.7 Å². The van der Waals surface area contributed by atoms with Gasteiger partial charge in [0.05, 0.1) is 0 Å². The number of nitrogens with two attached hydrogens (primary N) is 1. The second-order valence-corrected chi connectivity index (χ2v) is 6.78. The van der Waals surface area contributed by atoms with E-state index in [1.165, 1.54) is 18.7 Å². The first-order valence-electron chi connectivity index (χ1n) is 6.58. The molecule has 1 aliphatic carbocycles. The van der Waals surface area contributed by atoms with Crippen LogP contribution in [0.3, 0.4) is 0 Å². The molecule has 6 heteroatoms. The quantitative estimate of drug-likeness (QED) is 0.775. The average molecular weight is 377 g/mol. The first-order chi connectivity index (χ1) is 8.87. The third kappa shape index (κ3) is 4.36. The molecule has 1 amide bonds. The lowest BCUT2D eigenvalue weighted by Gasteiger charge is -2.24. The van der Waals surface area contributed by atoms with Crippen LogP contribution >= 0.6 is 22.6 Å². The van der Waals surface area contributed by atoms with E-state index >= 15 is 0 Å². The Balaban J connectivity index is 1.87. The largest absolute Gasteiger partial charge is 0.444 e. The zero-order chi connectivity index (χ0) is 14.0.